The first-order chi connectivity index (χ1) is 8.52. The van der Waals surface area contributed by atoms with Gasteiger partial charge in [-0.3, -0.25) is 0 Å². The highest BCUT2D eigenvalue weighted by Crippen LogP contribution is 2.05. The van der Waals surface area contributed by atoms with Crippen LogP contribution >= 0.6 is 0 Å². The lowest BCUT2D eigenvalue weighted by Crippen LogP contribution is -2.33. The molecule has 0 aliphatic rings. The second-order valence-electron chi connectivity index (χ2n) is 3.78. The average Bonchev–Trinajstić information content (AvgIpc) is 2.35. The quantitative estimate of drug-likeness (QED) is 0.798. The summed E-state index contributed by atoms with van der Waals surface area (Å²) >= 11 is 0. The molecule has 0 heterocycles. The number of methoxy groups -OCH3 is 1. The van der Waals surface area contributed by atoms with Gasteiger partial charge in [-0.1, -0.05) is 18.7 Å². The molecular formula is C13H16N2O3. The summed E-state index contributed by atoms with van der Waals surface area (Å²) in [6.45, 7) is 5.64. The number of esters is 1. The van der Waals surface area contributed by atoms with Gasteiger partial charge in [0.2, 0.25) is 0 Å². The summed E-state index contributed by atoms with van der Waals surface area (Å²) in [5, 5.41) is 5.20. The van der Waals surface area contributed by atoms with E-state index in [1.54, 1.807) is 31.2 Å². The minimum absolute atomic E-state index is 0.306. The third kappa shape index (κ3) is 4.29. The van der Waals surface area contributed by atoms with E-state index in [1.807, 2.05) is 0 Å². The van der Waals surface area contributed by atoms with Crippen LogP contribution in [-0.4, -0.2) is 19.1 Å². The van der Waals surface area contributed by atoms with Crippen LogP contribution in [0.3, 0.4) is 0 Å². The molecule has 5 heteroatoms. The Labute approximate surface area is 106 Å². The molecule has 0 spiro atoms. The minimum atomic E-state index is -0.380. The van der Waals surface area contributed by atoms with Crippen LogP contribution < -0.4 is 10.6 Å². The van der Waals surface area contributed by atoms with Crippen LogP contribution in [0.1, 0.15) is 22.8 Å². The molecule has 0 saturated carbocycles. The Hall–Kier alpha value is -2.30. The first-order valence-corrected chi connectivity index (χ1v) is 5.40. The Morgan fingerprint density at radius 1 is 1.28 bits per heavy atom. The predicted octanol–water partition coefficient (Wildman–Crippen LogP) is 1.81. The van der Waals surface area contributed by atoms with Gasteiger partial charge in [0.25, 0.3) is 0 Å². The molecule has 0 aliphatic heterocycles. The number of ether oxygens (including phenoxy) is 1. The van der Waals surface area contributed by atoms with E-state index in [1.165, 1.54) is 7.11 Å². The molecule has 2 N–H and O–H groups in total. The maximum atomic E-state index is 11.3. The third-order valence-corrected chi connectivity index (χ3v) is 2.16. The zero-order valence-corrected chi connectivity index (χ0v) is 10.4. The van der Waals surface area contributed by atoms with Crippen molar-refractivity contribution in [2.45, 2.75) is 13.5 Å². The van der Waals surface area contributed by atoms with E-state index in [0.717, 1.165) is 5.56 Å². The fraction of sp³-hybridized carbons (Fsp3) is 0.231. The first kappa shape index (κ1) is 13.8. The molecule has 0 unspecified atom stereocenters. The van der Waals surface area contributed by atoms with Crippen molar-refractivity contribution in [3.05, 3.63) is 47.7 Å². The van der Waals surface area contributed by atoms with Gasteiger partial charge in [0.05, 0.1) is 12.7 Å². The fourth-order valence-electron chi connectivity index (χ4n) is 1.30. The van der Waals surface area contributed by atoms with Crippen molar-refractivity contribution in [3.8, 4) is 0 Å². The van der Waals surface area contributed by atoms with Crippen molar-refractivity contribution in [1.82, 2.24) is 10.6 Å². The van der Waals surface area contributed by atoms with E-state index < -0.39 is 0 Å². The van der Waals surface area contributed by atoms with E-state index in [2.05, 4.69) is 21.9 Å². The highest BCUT2D eigenvalue weighted by molar-refractivity contribution is 5.89. The molecule has 96 valence electrons. The number of hydrogen-bond acceptors (Lipinski definition) is 3. The normalized spacial score (nSPS) is 9.44. The number of nitrogens with one attached hydrogen (secondary N) is 2. The topological polar surface area (TPSA) is 67.4 Å². The standard InChI is InChI=1S/C13H16N2O3/c1-9(2)15-13(17)14-8-10-4-6-11(7-5-10)12(16)18-3/h4-7H,1,8H2,2-3H3,(H2,14,15,17). The molecule has 0 aromatic heterocycles. The van der Waals surface area contributed by atoms with Crippen LogP contribution in [0, 0.1) is 0 Å². The van der Waals surface area contributed by atoms with Crippen LogP contribution in [-0.2, 0) is 11.3 Å². The second-order valence-corrected chi connectivity index (χ2v) is 3.78. The summed E-state index contributed by atoms with van der Waals surface area (Å²) in [6.07, 6.45) is 0. The Morgan fingerprint density at radius 2 is 1.89 bits per heavy atom. The van der Waals surface area contributed by atoms with Crippen molar-refractivity contribution in [2.75, 3.05) is 7.11 Å². The SMILES string of the molecule is C=C(C)NC(=O)NCc1ccc(C(=O)OC)cc1. The van der Waals surface area contributed by atoms with Crippen LogP contribution in [0.2, 0.25) is 0 Å². The Morgan fingerprint density at radius 3 is 2.39 bits per heavy atom. The average molecular weight is 248 g/mol. The largest absolute Gasteiger partial charge is 0.465 e. The Bertz CT molecular complexity index is 452. The van der Waals surface area contributed by atoms with Crippen molar-refractivity contribution < 1.29 is 14.3 Å². The zero-order chi connectivity index (χ0) is 13.5. The molecule has 5 nitrogen and oxygen atoms in total. The number of rotatable bonds is 4. The van der Waals surface area contributed by atoms with Crippen LogP contribution in [0.4, 0.5) is 4.79 Å². The summed E-state index contributed by atoms with van der Waals surface area (Å²) in [5.74, 6) is -0.380. The van der Waals surface area contributed by atoms with Gasteiger partial charge in [-0.05, 0) is 24.6 Å². The molecular weight excluding hydrogens is 232 g/mol. The van der Waals surface area contributed by atoms with E-state index >= 15 is 0 Å². The van der Waals surface area contributed by atoms with Crippen molar-refractivity contribution in [2.24, 2.45) is 0 Å². The number of urea groups is 1. The van der Waals surface area contributed by atoms with Gasteiger partial charge in [-0.15, -0.1) is 0 Å². The Balaban J connectivity index is 2.51. The fourth-order valence-corrected chi connectivity index (χ4v) is 1.30. The number of carbonyl (C=O) groups excluding carboxylic acids is 2. The van der Waals surface area contributed by atoms with Gasteiger partial charge in [0.1, 0.15) is 0 Å². The van der Waals surface area contributed by atoms with E-state index in [9.17, 15) is 9.59 Å². The zero-order valence-electron chi connectivity index (χ0n) is 10.4. The van der Waals surface area contributed by atoms with Crippen LogP contribution in [0.5, 0.6) is 0 Å². The Kier molecular flexibility index (Phi) is 4.92. The van der Waals surface area contributed by atoms with Gasteiger partial charge >= 0.3 is 12.0 Å². The number of amides is 2. The van der Waals surface area contributed by atoms with Crippen molar-refractivity contribution in [1.29, 1.82) is 0 Å². The highest BCUT2D eigenvalue weighted by atomic mass is 16.5. The first-order valence-electron chi connectivity index (χ1n) is 5.40. The summed E-state index contributed by atoms with van der Waals surface area (Å²) in [7, 11) is 1.33. The second kappa shape index (κ2) is 6.44. The predicted molar refractivity (Wildman–Crippen MR) is 68.0 cm³/mol. The lowest BCUT2D eigenvalue weighted by atomic mass is 10.1. The molecule has 2 amide bonds. The monoisotopic (exact) mass is 248 g/mol. The lowest BCUT2D eigenvalue weighted by Gasteiger charge is -2.07. The molecule has 0 saturated heterocycles. The number of hydrogen-bond donors (Lipinski definition) is 2. The molecule has 0 fully saturated rings. The maximum Gasteiger partial charge on any atom is 0.337 e. The number of carbonyl (C=O) groups is 2. The maximum absolute atomic E-state index is 11.3. The molecule has 1 aromatic rings. The summed E-state index contributed by atoms with van der Waals surface area (Å²) < 4.78 is 4.59. The summed E-state index contributed by atoms with van der Waals surface area (Å²) in [5.41, 5.74) is 1.95. The molecule has 0 bridgehead atoms. The number of benzene rings is 1. The molecule has 1 aromatic carbocycles. The van der Waals surface area contributed by atoms with E-state index in [4.69, 9.17) is 0 Å². The van der Waals surface area contributed by atoms with Crippen molar-refractivity contribution in [3.63, 3.8) is 0 Å². The van der Waals surface area contributed by atoms with Gasteiger partial charge in [0, 0.05) is 12.2 Å². The van der Waals surface area contributed by atoms with Crippen LogP contribution in [0.25, 0.3) is 0 Å². The molecule has 18 heavy (non-hydrogen) atoms. The molecule has 0 aliphatic carbocycles. The van der Waals surface area contributed by atoms with E-state index in [-0.39, 0.29) is 12.0 Å². The minimum Gasteiger partial charge on any atom is -0.465 e. The number of allylic oxidation sites excluding steroid dienone is 1. The van der Waals surface area contributed by atoms with Gasteiger partial charge in [-0.2, -0.15) is 0 Å². The smallest absolute Gasteiger partial charge is 0.337 e. The van der Waals surface area contributed by atoms with Gasteiger partial charge in [-0.25, -0.2) is 9.59 Å². The highest BCUT2D eigenvalue weighted by Gasteiger charge is 2.05. The summed E-state index contributed by atoms with van der Waals surface area (Å²) in [4.78, 5) is 22.5. The van der Waals surface area contributed by atoms with Gasteiger partial charge in [0.15, 0.2) is 0 Å². The van der Waals surface area contributed by atoms with Crippen LogP contribution in [0.15, 0.2) is 36.5 Å². The summed E-state index contributed by atoms with van der Waals surface area (Å²) in [6, 6.07) is 6.51. The van der Waals surface area contributed by atoms with Crippen molar-refractivity contribution >= 4 is 12.0 Å². The molecule has 0 atom stereocenters. The lowest BCUT2D eigenvalue weighted by molar-refractivity contribution is 0.0600. The van der Waals surface area contributed by atoms with E-state index in [0.29, 0.717) is 17.8 Å². The third-order valence-electron chi connectivity index (χ3n) is 2.16. The van der Waals surface area contributed by atoms with Gasteiger partial charge < -0.3 is 15.4 Å². The molecule has 1 rings (SSSR count). The molecule has 0 radical (unpaired) electrons.